The largest absolute Gasteiger partial charge is 0.494 e. The Labute approximate surface area is 86.3 Å². The summed E-state index contributed by atoms with van der Waals surface area (Å²) in [6.07, 6.45) is 0. The molecule has 1 aromatic carbocycles. The van der Waals surface area contributed by atoms with Gasteiger partial charge in [-0.25, -0.2) is 0 Å². The molecule has 0 saturated heterocycles. The minimum Gasteiger partial charge on any atom is -0.494 e. The normalized spacial score (nSPS) is 11.4. The predicted molar refractivity (Wildman–Crippen MR) is 59.7 cm³/mol. The van der Waals surface area contributed by atoms with Crippen molar-refractivity contribution in [2.45, 2.75) is 26.3 Å². The second-order valence-electron chi connectivity index (χ2n) is 3.83. The van der Waals surface area contributed by atoms with E-state index in [9.17, 15) is 0 Å². The minimum absolute atomic E-state index is 0.0186. The summed E-state index contributed by atoms with van der Waals surface area (Å²) in [5.41, 5.74) is 1.29. The third-order valence-corrected chi connectivity index (χ3v) is 2.51. The fourth-order valence-corrected chi connectivity index (χ4v) is 1.28. The monoisotopic (exact) mass is 193 g/mol. The van der Waals surface area contributed by atoms with Gasteiger partial charge in [-0.15, -0.1) is 0 Å². The minimum atomic E-state index is 0.0186. The Kier molecular flexibility index (Phi) is 3.53. The van der Waals surface area contributed by atoms with Gasteiger partial charge in [0.05, 0.1) is 6.61 Å². The van der Waals surface area contributed by atoms with Crippen molar-refractivity contribution in [1.29, 1.82) is 0 Å². The fraction of sp³-hybridized carbons (Fsp3) is 0.500. The molecule has 0 unspecified atom stereocenters. The SMILES string of the molecule is CCOc1ccc(C(C)(C)NC)cc1. The standard InChI is InChI=1S/C12H19NO/c1-5-14-11-8-6-10(7-9-11)12(2,3)13-4/h6-9,13H,5H2,1-4H3. The van der Waals surface area contributed by atoms with E-state index >= 15 is 0 Å². The van der Waals surface area contributed by atoms with Crippen molar-refractivity contribution in [3.63, 3.8) is 0 Å². The van der Waals surface area contributed by atoms with Crippen molar-refractivity contribution < 1.29 is 4.74 Å². The van der Waals surface area contributed by atoms with Gasteiger partial charge < -0.3 is 10.1 Å². The first-order valence-electron chi connectivity index (χ1n) is 5.02. The molecule has 78 valence electrons. The molecule has 1 N–H and O–H groups in total. The summed E-state index contributed by atoms with van der Waals surface area (Å²) in [6, 6.07) is 8.22. The Balaban J connectivity index is 2.82. The molecule has 0 fully saturated rings. The molecule has 0 aliphatic heterocycles. The van der Waals surface area contributed by atoms with Gasteiger partial charge in [0, 0.05) is 5.54 Å². The number of hydrogen-bond acceptors (Lipinski definition) is 2. The molecule has 1 aromatic rings. The zero-order chi connectivity index (χ0) is 10.6. The highest BCUT2D eigenvalue weighted by Crippen LogP contribution is 2.22. The molecule has 0 aliphatic rings. The van der Waals surface area contributed by atoms with Crippen LogP contribution in [0, 0.1) is 0 Å². The topological polar surface area (TPSA) is 21.3 Å². The van der Waals surface area contributed by atoms with Crippen LogP contribution >= 0.6 is 0 Å². The third-order valence-electron chi connectivity index (χ3n) is 2.51. The lowest BCUT2D eigenvalue weighted by atomic mass is 9.95. The maximum atomic E-state index is 5.39. The van der Waals surface area contributed by atoms with Crippen molar-refractivity contribution in [2.75, 3.05) is 13.7 Å². The Bertz CT molecular complexity index is 277. The molecule has 0 amide bonds. The molecule has 0 aliphatic carbocycles. The fourth-order valence-electron chi connectivity index (χ4n) is 1.28. The third kappa shape index (κ3) is 2.48. The highest BCUT2D eigenvalue weighted by molar-refractivity contribution is 5.31. The van der Waals surface area contributed by atoms with E-state index in [1.165, 1.54) is 5.56 Å². The highest BCUT2D eigenvalue weighted by atomic mass is 16.5. The second-order valence-corrected chi connectivity index (χ2v) is 3.83. The van der Waals surface area contributed by atoms with E-state index in [0.29, 0.717) is 0 Å². The molecule has 0 saturated carbocycles. The van der Waals surface area contributed by atoms with E-state index in [1.807, 2.05) is 26.1 Å². The molecule has 2 heteroatoms. The first-order valence-corrected chi connectivity index (χ1v) is 5.02. The average Bonchev–Trinajstić information content (AvgIpc) is 2.19. The van der Waals surface area contributed by atoms with E-state index in [1.54, 1.807) is 0 Å². The van der Waals surface area contributed by atoms with Gasteiger partial charge in [-0.2, -0.15) is 0 Å². The van der Waals surface area contributed by atoms with Gasteiger partial charge in [0.1, 0.15) is 5.75 Å². The van der Waals surface area contributed by atoms with Crippen LogP contribution in [0.15, 0.2) is 24.3 Å². The van der Waals surface area contributed by atoms with E-state index in [4.69, 9.17) is 4.74 Å². The van der Waals surface area contributed by atoms with Crippen molar-refractivity contribution in [3.05, 3.63) is 29.8 Å². The summed E-state index contributed by atoms with van der Waals surface area (Å²) >= 11 is 0. The Morgan fingerprint density at radius 2 is 1.79 bits per heavy atom. The van der Waals surface area contributed by atoms with Gasteiger partial charge in [-0.1, -0.05) is 12.1 Å². The lowest BCUT2D eigenvalue weighted by Gasteiger charge is -2.24. The summed E-state index contributed by atoms with van der Waals surface area (Å²) < 4.78 is 5.39. The summed E-state index contributed by atoms with van der Waals surface area (Å²) in [6.45, 7) is 7.02. The quantitative estimate of drug-likeness (QED) is 0.793. The van der Waals surface area contributed by atoms with Crippen molar-refractivity contribution in [3.8, 4) is 5.75 Å². The maximum absolute atomic E-state index is 5.39. The van der Waals surface area contributed by atoms with E-state index < -0.39 is 0 Å². The van der Waals surface area contributed by atoms with E-state index in [-0.39, 0.29) is 5.54 Å². The van der Waals surface area contributed by atoms with Gasteiger partial charge in [-0.3, -0.25) is 0 Å². The van der Waals surface area contributed by atoms with Gasteiger partial charge in [0.15, 0.2) is 0 Å². The predicted octanol–water partition coefficient (Wildman–Crippen LogP) is 2.54. The van der Waals surface area contributed by atoms with Crippen LogP contribution in [-0.2, 0) is 5.54 Å². The highest BCUT2D eigenvalue weighted by Gasteiger charge is 2.16. The van der Waals surface area contributed by atoms with Gasteiger partial charge in [0.25, 0.3) is 0 Å². The van der Waals surface area contributed by atoms with Crippen LogP contribution in [0.3, 0.4) is 0 Å². The van der Waals surface area contributed by atoms with Crippen LogP contribution in [0.1, 0.15) is 26.3 Å². The van der Waals surface area contributed by atoms with Crippen LogP contribution in [0.25, 0.3) is 0 Å². The number of benzene rings is 1. The molecule has 0 atom stereocenters. The summed E-state index contributed by atoms with van der Waals surface area (Å²) in [4.78, 5) is 0. The van der Waals surface area contributed by atoms with Crippen LogP contribution in [0.5, 0.6) is 5.75 Å². The first kappa shape index (κ1) is 11.1. The number of ether oxygens (including phenoxy) is 1. The first-order chi connectivity index (χ1) is 6.60. The van der Waals surface area contributed by atoms with Crippen LogP contribution in [-0.4, -0.2) is 13.7 Å². The summed E-state index contributed by atoms with van der Waals surface area (Å²) in [5, 5.41) is 3.27. The van der Waals surface area contributed by atoms with E-state index in [0.717, 1.165) is 12.4 Å². The lowest BCUT2D eigenvalue weighted by molar-refractivity contribution is 0.339. The van der Waals surface area contributed by atoms with Gasteiger partial charge in [0.2, 0.25) is 0 Å². The molecule has 14 heavy (non-hydrogen) atoms. The van der Waals surface area contributed by atoms with Crippen molar-refractivity contribution in [1.82, 2.24) is 5.32 Å². The van der Waals surface area contributed by atoms with Gasteiger partial charge >= 0.3 is 0 Å². The van der Waals surface area contributed by atoms with Crippen molar-refractivity contribution >= 4 is 0 Å². The molecule has 0 heterocycles. The molecule has 0 aromatic heterocycles. The lowest BCUT2D eigenvalue weighted by Crippen LogP contribution is -2.32. The van der Waals surface area contributed by atoms with Crippen molar-refractivity contribution in [2.24, 2.45) is 0 Å². The average molecular weight is 193 g/mol. The Hall–Kier alpha value is -1.02. The number of rotatable bonds is 4. The molecule has 2 nitrogen and oxygen atoms in total. The molecule has 0 bridgehead atoms. The smallest absolute Gasteiger partial charge is 0.119 e. The van der Waals surface area contributed by atoms with Crippen LogP contribution in [0.4, 0.5) is 0 Å². The van der Waals surface area contributed by atoms with Crippen LogP contribution < -0.4 is 10.1 Å². The molecule has 0 spiro atoms. The van der Waals surface area contributed by atoms with E-state index in [2.05, 4.69) is 31.3 Å². The van der Waals surface area contributed by atoms with Gasteiger partial charge in [-0.05, 0) is 45.5 Å². The summed E-state index contributed by atoms with van der Waals surface area (Å²) in [7, 11) is 1.97. The molecule has 1 rings (SSSR count). The Morgan fingerprint density at radius 3 is 2.21 bits per heavy atom. The number of hydrogen-bond donors (Lipinski definition) is 1. The second kappa shape index (κ2) is 4.47. The summed E-state index contributed by atoms with van der Waals surface area (Å²) in [5.74, 6) is 0.933. The van der Waals surface area contributed by atoms with Crippen LogP contribution in [0.2, 0.25) is 0 Å². The Morgan fingerprint density at radius 1 is 1.21 bits per heavy atom. The molecular weight excluding hydrogens is 174 g/mol. The maximum Gasteiger partial charge on any atom is 0.119 e. The molecular formula is C12H19NO. The zero-order valence-corrected chi connectivity index (χ0v) is 9.42. The number of nitrogens with one attached hydrogen (secondary N) is 1. The molecule has 0 radical (unpaired) electrons. The zero-order valence-electron chi connectivity index (χ0n) is 9.42.